The van der Waals surface area contributed by atoms with Crippen molar-refractivity contribution in [3.8, 4) is 22.9 Å². The number of fused-ring (bicyclic) bond motifs is 3. The fourth-order valence-corrected chi connectivity index (χ4v) is 4.74. The average molecular weight is 519 g/mol. The Labute approximate surface area is 219 Å². The van der Waals surface area contributed by atoms with Crippen LogP contribution in [0.2, 0.25) is 5.15 Å². The van der Waals surface area contributed by atoms with Crippen LogP contribution >= 0.6 is 11.6 Å². The number of hydrogen-bond donors (Lipinski definition) is 2. The lowest BCUT2D eigenvalue weighted by Crippen LogP contribution is -2.21. The van der Waals surface area contributed by atoms with Crippen molar-refractivity contribution in [1.29, 1.82) is 0 Å². The van der Waals surface area contributed by atoms with Gasteiger partial charge in [0.1, 0.15) is 28.5 Å². The summed E-state index contributed by atoms with van der Waals surface area (Å²) in [6.07, 6.45) is 3.31. The van der Waals surface area contributed by atoms with Crippen LogP contribution in [0.15, 0.2) is 47.7 Å². The summed E-state index contributed by atoms with van der Waals surface area (Å²) in [6, 6.07) is 8.59. The second kappa shape index (κ2) is 8.52. The molecule has 37 heavy (non-hydrogen) atoms. The number of H-pyrrole nitrogens is 1. The number of hydrogen-bond acceptors (Lipinski definition) is 8. The average Bonchev–Trinajstić information content (AvgIpc) is 3.68. The monoisotopic (exact) mass is 518 g/mol. The summed E-state index contributed by atoms with van der Waals surface area (Å²) in [5.41, 5.74) is 4.88. The molecule has 1 atom stereocenters. The largest absolute Gasteiger partial charge is 0.377 e. The predicted molar refractivity (Wildman–Crippen MR) is 139 cm³/mol. The van der Waals surface area contributed by atoms with E-state index in [0.717, 1.165) is 11.1 Å². The predicted octanol–water partition coefficient (Wildman–Crippen LogP) is 3.30. The number of tetrazole rings is 1. The van der Waals surface area contributed by atoms with Crippen molar-refractivity contribution < 1.29 is 4.11 Å². The molecule has 1 aromatic carbocycles. The summed E-state index contributed by atoms with van der Waals surface area (Å²) < 4.78 is 26.1. The molecule has 0 saturated carbocycles. The van der Waals surface area contributed by atoms with Crippen LogP contribution in [0.4, 0.5) is 5.69 Å². The van der Waals surface area contributed by atoms with E-state index in [1.54, 1.807) is 42.3 Å². The molecule has 0 aliphatic carbocycles. The van der Waals surface area contributed by atoms with Crippen molar-refractivity contribution in [3.63, 3.8) is 0 Å². The van der Waals surface area contributed by atoms with E-state index in [0.29, 0.717) is 38.4 Å². The molecule has 5 heterocycles. The Bertz CT molecular complexity index is 1960. The van der Waals surface area contributed by atoms with Crippen LogP contribution in [0.25, 0.3) is 39.5 Å². The van der Waals surface area contributed by atoms with E-state index >= 15 is 0 Å². The maximum atomic E-state index is 13.6. The third-order valence-corrected chi connectivity index (χ3v) is 6.41. The summed E-state index contributed by atoms with van der Waals surface area (Å²) >= 11 is 6.17. The number of aryl methyl sites for hydroxylation is 3. The number of anilines is 1. The van der Waals surface area contributed by atoms with Gasteiger partial charge in [0, 0.05) is 17.4 Å². The zero-order valence-corrected chi connectivity index (χ0v) is 20.7. The molecule has 186 valence electrons. The molecule has 0 aliphatic heterocycles. The molecule has 0 fully saturated rings. The molecule has 13 heteroatoms. The molecule has 1 unspecified atom stereocenters. The van der Waals surface area contributed by atoms with E-state index in [2.05, 4.69) is 40.9 Å². The van der Waals surface area contributed by atoms with Gasteiger partial charge in [-0.15, -0.1) is 10.2 Å². The first kappa shape index (κ1) is 19.6. The van der Waals surface area contributed by atoms with Gasteiger partial charge in [0.05, 0.1) is 35.3 Å². The van der Waals surface area contributed by atoms with Gasteiger partial charge in [-0.2, -0.15) is 9.90 Å². The normalized spacial score (nSPS) is 14.0. The van der Waals surface area contributed by atoms with Crippen molar-refractivity contribution >= 4 is 33.8 Å². The molecule has 2 N–H and O–H groups in total. The lowest BCUT2D eigenvalue weighted by atomic mass is 10.0. The highest BCUT2D eigenvalue weighted by Gasteiger charge is 2.22. The molecule has 0 spiro atoms. The molecule has 12 nitrogen and oxygen atoms in total. The SMILES string of the molecule is [2H]C([2H])([2H])n1nnc(-c2nc(Cl)ccc2NC(C)c2cc(C)cc3c(=O)n(C)c4c(-c5ccn[nH]5)ncn4c23)n1. The van der Waals surface area contributed by atoms with Gasteiger partial charge < -0.3 is 5.32 Å². The fourth-order valence-electron chi connectivity index (χ4n) is 4.59. The Morgan fingerprint density at radius 1 is 1.22 bits per heavy atom. The highest BCUT2D eigenvalue weighted by Crippen LogP contribution is 2.33. The number of rotatable bonds is 5. The standard InChI is InChI=1S/C24H22ClN11O/c1-12-9-14(13(2)28-16-5-6-18(25)29-19(16)22-31-33-35(4)32-22)21-15(10-12)24(37)34(3)23-20(26-11-36(21)23)17-7-8-27-30-17/h5-11,13,28H,1-4H3,(H,27,30)/i4D3. The van der Waals surface area contributed by atoms with E-state index in [1.165, 1.54) is 0 Å². The number of pyridine rings is 1. The minimum absolute atomic E-state index is 0.00232. The first-order valence-electron chi connectivity index (χ1n) is 12.8. The molecule has 6 rings (SSSR count). The first-order chi connectivity index (χ1) is 19.0. The van der Waals surface area contributed by atoms with Crippen LogP contribution < -0.4 is 10.9 Å². The molecule has 0 aliphatic rings. The van der Waals surface area contributed by atoms with E-state index in [9.17, 15) is 4.79 Å². The molecular weight excluding hydrogens is 494 g/mol. The highest BCUT2D eigenvalue weighted by molar-refractivity contribution is 6.29. The Balaban J connectivity index is 1.51. The lowest BCUT2D eigenvalue weighted by molar-refractivity contribution is 0.630. The molecule has 6 aromatic rings. The van der Waals surface area contributed by atoms with Crippen LogP contribution in [-0.4, -0.2) is 49.3 Å². The quantitative estimate of drug-likeness (QED) is 0.332. The third-order valence-electron chi connectivity index (χ3n) is 6.20. The van der Waals surface area contributed by atoms with Gasteiger partial charge in [-0.3, -0.25) is 18.9 Å². The Hall–Kier alpha value is -4.58. The van der Waals surface area contributed by atoms with Crippen molar-refractivity contribution in [2.45, 2.75) is 19.9 Å². The summed E-state index contributed by atoms with van der Waals surface area (Å²) in [6.45, 7) is 1.27. The number of aromatic amines is 1. The zero-order chi connectivity index (χ0) is 28.3. The van der Waals surface area contributed by atoms with Gasteiger partial charge in [-0.1, -0.05) is 17.7 Å². The summed E-state index contributed by atoms with van der Waals surface area (Å²) in [4.78, 5) is 23.1. The molecule has 0 bridgehead atoms. The number of benzene rings is 1. The van der Waals surface area contributed by atoms with Gasteiger partial charge in [0.15, 0.2) is 0 Å². The third kappa shape index (κ3) is 3.73. The Morgan fingerprint density at radius 2 is 2.08 bits per heavy atom. The number of nitrogens with one attached hydrogen (secondary N) is 2. The molecular formula is C24H22ClN11O. The topological polar surface area (TPSA) is 136 Å². The van der Waals surface area contributed by atoms with Gasteiger partial charge in [0.2, 0.25) is 5.82 Å². The van der Waals surface area contributed by atoms with E-state index in [1.807, 2.05) is 30.4 Å². The van der Waals surface area contributed by atoms with Crippen LogP contribution in [-0.2, 0) is 14.0 Å². The fraction of sp³-hybridized carbons (Fsp3) is 0.208. The highest BCUT2D eigenvalue weighted by atomic mass is 35.5. The van der Waals surface area contributed by atoms with Gasteiger partial charge in [-0.05, 0) is 54.5 Å². The summed E-state index contributed by atoms with van der Waals surface area (Å²) in [7, 11) is 1.72. The summed E-state index contributed by atoms with van der Waals surface area (Å²) in [5.74, 6) is -0.00232. The van der Waals surface area contributed by atoms with Crippen LogP contribution in [0, 0.1) is 6.92 Å². The lowest BCUT2D eigenvalue weighted by Gasteiger charge is -2.21. The van der Waals surface area contributed by atoms with Gasteiger partial charge in [0.25, 0.3) is 5.56 Å². The molecule has 0 radical (unpaired) electrons. The minimum Gasteiger partial charge on any atom is -0.377 e. The number of halogens is 1. The smallest absolute Gasteiger partial charge is 0.261 e. The first-order valence-corrected chi connectivity index (χ1v) is 11.6. The van der Waals surface area contributed by atoms with Crippen molar-refractivity contribution in [3.05, 3.63) is 69.5 Å². The maximum Gasteiger partial charge on any atom is 0.261 e. The van der Waals surface area contributed by atoms with Crippen LogP contribution in [0.3, 0.4) is 0 Å². The molecule has 0 saturated heterocycles. The van der Waals surface area contributed by atoms with E-state index in [-0.39, 0.29) is 28.3 Å². The number of imidazole rings is 1. The van der Waals surface area contributed by atoms with E-state index in [4.69, 9.17) is 15.7 Å². The summed E-state index contributed by atoms with van der Waals surface area (Å²) in [5, 5.41) is 22.6. The second-order valence-corrected chi connectivity index (χ2v) is 9.06. The molecule has 5 aromatic heterocycles. The van der Waals surface area contributed by atoms with E-state index < -0.39 is 6.98 Å². The maximum absolute atomic E-state index is 13.6. The van der Waals surface area contributed by atoms with Crippen molar-refractivity contribution in [2.75, 3.05) is 5.32 Å². The zero-order valence-electron chi connectivity index (χ0n) is 22.9. The second-order valence-electron chi connectivity index (χ2n) is 8.67. The Morgan fingerprint density at radius 3 is 2.84 bits per heavy atom. The van der Waals surface area contributed by atoms with Crippen molar-refractivity contribution in [1.82, 2.24) is 49.3 Å². The molecule has 0 amide bonds. The van der Waals surface area contributed by atoms with Crippen LogP contribution in [0.1, 0.15) is 28.2 Å². The van der Waals surface area contributed by atoms with Gasteiger partial charge >= 0.3 is 0 Å². The number of nitrogens with zero attached hydrogens (tertiary/aromatic N) is 9. The Kier molecular flexibility index (Phi) is 4.51. The minimum atomic E-state index is -2.59. The number of aromatic nitrogens is 10. The van der Waals surface area contributed by atoms with Crippen molar-refractivity contribution in [2.24, 2.45) is 14.0 Å². The van der Waals surface area contributed by atoms with Crippen LogP contribution in [0.5, 0.6) is 0 Å². The van der Waals surface area contributed by atoms with Gasteiger partial charge in [-0.25, -0.2) is 9.97 Å².